The van der Waals surface area contributed by atoms with Crippen LogP contribution in [-0.2, 0) is 0 Å². The highest BCUT2D eigenvalue weighted by Gasteiger charge is 2.14. The van der Waals surface area contributed by atoms with Crippen molar-refractivity contribution in [2.45, 2.75) is 0 Å². The van der Waals surface area contributed by atoms with Gasteiger partial charge in [-0.3, -0.25) is 0 Å². The Labute approximate surface area is 135 Å². The van der Waals surface area contributed by atoms with Gasteiger partial charge in [0.25, 0.3) is 0 Å². The number of rotatable bonds is 2. The summed E-state index contributed by atoms with van der Waals surface area (Å²) in [6.45, 7) is 0. The molecule has 3 aromatic rings. The zero-order chi connectivity index (χ0) is 15.7. The quantitative estimate of drug-likeness (QED) is 0.723. The third-order valence-electron chi connectivity index (χ3n) is 2.84. The van der Waals surface area contributed by atoms with Crippen LogP contribution in [0, 0.1) is 5.82 Å². The van der Waals surface area contributed by atoms with Crippen molar-refractivity contribution in [2.24, 2.45) is 0 Å². The van der Waals surface area contributed by atoms with Gasteiger partial charge in [0, 0.05) is 22.3 Å². The lowest BCUT2D eigenvalue weighted by Crippen LogP contribution is -2.02. The third kappa shape index (κ3) is 2.98. The van der Waals surface area contributed by atoms with E-state index in [-0.39, 0.29) is 11.0 Å². The Hall–Kier alpha value is -2.31. The standard InChI is InChI=1S/C14H8Cl2FN5/c15-9-3-8(4-10(17)6-9)12-13(21-22-14(18)20-12)7-1-2-19-11(16)5-7/h1-6H,(H2,18,20,22). The van der Waals surface area contributed by atoms with Gasteiger partial charge in [0.05, 0.1) is 0 Å². The van der Waals surface area contributed by atoms with Crippen molar-refractivity contribution in [3.8, 4) is 22.5 Å². The van der Waals surface area contributed by atoms with Crippen LogP contribution in [0.4, 0.5) is 10.3 Å². The summed E-state index contributed by atoms with van der Waals surface area (Å²) in [6, 6.07) is 7.36. The fourth-order valence-electron chi connectivity index (χ4n) is 1.97. The third-order valence-corrected chi connectivity index (χ3v) is 3.26. The molecule has 0 unspecified atom stereocenters. The van der Waals surface area contributed by atoms with Gasteiger partial charge in [-0.2, -0.15) is 0 Å². The van der Waals surface area contributed by atoms with E-state index in [9.17, 15) is 4.39 Å². The summed E-state index contributed by atoms with van der Waals surface area (Å²) in [7, 11) is 0. The number of aromatic nitrogens is 4. The summed E-state index contributed by atoms with van der Waals surface area (Å²) in [4.78, 5) is 8.05. The maximum atomic E-state index is 13.6. The van der Waals surface area contributed by atoms with Crippen molar-refractivity contribution in [3.63, 3.8) is 0 Å². The number of benzene rings is 1. The Morgan fingerprint density at radius 1 is 0.955 bits per heavy atom. The zero-order valence-electron chi connectivity index (χ0n) is 11.0. The van der Waals surface area contributed by atoms with Crippen LogP contribution in [0.2, 0.25) is 10.2 Å². The van der Waals surface area contributed by atoms with E-state index in [2.05, 4.69) is 20.2 Å². The summed E-state index contributed by atoms with van der Waals surface area (Å²) in [5.74, 6) is -0.516. The van der Waals surface area contributed by atoms with Crippen LogP contribution >= 0.6 is 23.2 Å². The summed E-state index contributed by atoms with van der Waals surface area (Å²) >= 11 is 11.8. The number of pyridine rings is 1. The van der Waals surface area contributed by atoms with E-state index < -0.39 is 5.82 Å². The second kappa shape index (κ2) is 5.82. The molecule has 0 amide bonds. The van der Waals surface area contributed by atoms with E-state index in [0.717, 1.165) is 0 Å². The normalized spacial score (nSPS) is 10.7. The van der Waals surface area contributed by atoms with E-state index in [4.69, 9.17) is 28.9 Å². The van der Waals surface area contributed by atoms with Crippen LogP contribution in [0.15, 0.2) is 36.5 Å². The molecular formula is C14H8Cl2FN5. The van der Waals surface area contributed by atoms with Crippen molar-refractivity contribution in [1.29, 1.82) is 0 Å². The van der Waals surface area contributed by atoms with Gasteiger partial charge in [0.1, 0.15) is 22.4 Å². The van der Waals surface area contributed by atoms with Gasteiger partial charge in [-0.1, -0.05) is 23.2 Å². The molecule has 2 heterocycles. The van der Waals surface area contributed by atoms with Crippen LogP contribution in [0.3, 0.4) is 0 Å². The molecule has 3 rings (SSSR count). The topological polar surface area (TPSA) is 77.6 Å². The minimum Gasteiger partial charge on any atom is -0.366 e. The van der Waals surface area contributed by atoms with Crippen molar-refractivity contribution in [1.82, 2.24) is 20.2 Å². The molecule has 2 N–H and O–H groups in total. The highest BCUT2D eigenvalue weighted by molar-refractivity contribution is 6.31. The molecule has 110 valence electrons. The summed E-state index contributed by atoms with van der Waals surface area (Å²) in [6.07, 6.45) is 1.53. The molecule has 0 saturated carbocycles. The Bertz CT molecular complexity index is 836. The number of anilines is 1. The molecule has 0 spiro atoms. The predicted molar refractivity (Wildman–Crippen MR) is 82.9 cm³/mol. The highest BCUT2D eigenvalue weighted by atomic mass is 35.5. The maximum absolute atomic E-state index is 13.6. The summed E-state index contributed by atoms with van der Waals surface area (Å²) < 4.78 is 13.6. The van der Waals surface area contributed by atoms with Gasteiger partial charge < -0.3 is 5.73 Å². The second-order valence-electron chi connectivity index (χ2n) is 4.39. The van der Waals surface area contributed by atoms with Gasteiger partial charge in [0.15, 0.2) is 0 Å². The van der Waals surface area contributed by atoms with Crippen LogP contribution in [-0.4, -0.2) is 20.2 Å². The highest BCUT2D eigenvalue weighted by Crippen LogP contribution is 2.31. The first-order chi connectivity index (χ1) is 10.5. The fraction of sp³-hybridized carbons (Fsp3) is 0. The first kappa shape index (κ1) is 14.6. The van der Waals surface area contributed by atoms with Crippen LogP contribution in [0.5, 0.6) is 0 Å². The molecule has 0 aliphatic heterocycles. The first-order valence-corrected chi connectivity index (χ1v) is 6.87. The molecule has 0 radical (unpaired) electrons. The van der Waals surface area contributed by atoms with Crippen molar-refractivity contribution in [2.75, 3.05) is 5.73 Å². The predicted octanol–water partition coefficient (Wildman–Crippen LogP) is 3.63. The Morgan fingerprint density at radius 2 is 1.77 bits per heavy atom. The Morgan fingerprint density at radius 3 is 2.50 bits per heavy atom. The van der Waals surface area contributed by atoms with Gasteiger partial charge in [-0.25, -0.2) is 14.4 Å². The lowest BCUT2D eigenvalue weighted by atomic mass is 10.1. The molecule has 0 aliphatic carbocycles. The van der Waals surface area contributed by atoms with Crippen molar-refractivity contribution < 1.29 is 4.39 Å². The molecule has 2 aromatic heterocycles. The summed E-state index contributed by atoms with van der Waals surface area (Å²) in [5, 5.41) is 8.31. The fourth-order valence-corrected chi connectivity index (χ4v) is 2.37. The smallest absolute Gasteiger partial charge is 0.240 e. The number of nitrogen functional groups attached to an aromatic ring is 1. The van der Waals surface area contributed by atoms with Gasteiger partial charge in [-0.15, -0.1) is 10.2 Å². The second-order valence-corrected chi connectivity index (χ2v) is 5.22. The monoisotopic (exact) mass is 335 g/mol. The van der Waals surface area contributed by atoms with Crippen LogP contribution in [0.25, 0.3) is 22.5 Å². The van der Waals surface area contributed by atoms with Crippen LogP contribution in [0.1, 0.15) is 0 Å². The molecule has 0 atom stereocenters. The zero-order valence-corrected chi connectivity index (χ0v) is 12.5. The average molecular weight is 336 g/mol. The van der Waals surface area contributed by atoms with E-state index in [1.54, 1.807) is 18.2 Å². The lowest BCUT2D eigenvalue weighted by molar-refractivity contribution is 0.628. The van der Waals surface area contributed by atoms with Crippen LogP contribution < -0.4 is 5.73 Å². The van der Waals surface area contributed by atoms with E-state index in [1.807, 2.05) is 0 Å². The van der Waals surface area contributed by atoms with Gasteiger partial charge in [-0.05, 0) is 30.3 Å². The van der Waals surface area contributed by atoms with Gasteiger partial charge in [0.2, 0.25) is 5.95 Å². The van der Waals surface area contributed by atoms with E-state index in [1.165, 1.54) is 18.3 Å². The number of nitrogens with zero attached hydrogens (tertiary/aromatic N) is 4. The maximum Gasteiger partial charge on any atom is 0.240 e. The molecule has 0 fully saturated rings. The molecule has 1 aromatic carbocycles. The SMILES string of the molecule is Nc1nnc(-c2ccnc(Cl)c2)c(-c2cc(F)cc(Cl)c2)n1. The Balaban J connectivity index is 2.24. The minimum absolute atomic E-state index is 0.0284. The molecule has 0 saturated heterocycles. The molecular weight excluding hydrogens is 328 g/mol. The minimum atomic E-state index is -0.488. The molecule has 5 nitrogen and oxygen atoms in total. The van der Waals surface area contributed by atoms with Crippen molar-refractivity contribution in [3.05, 3.63) is 52.5 Å². The lowest BCUT2D eigenvalue weighted by Gasteiger charge is -2.09. The molecule has 22 heavy (non-hydrogen) atoms. The average Bonchev–Trinajstić information content (AvgIpc) is 2.46. The van der Waals surface area contributed by atoms with Gasteiger partial charge >= 0.3 is 0 Å². The van der Waals surface area contributed by atoms with E-state index in [0.29, 0.717) is 27.7 Å². The first-order valence-electron chi connectivity index (χ1n) is 6.11. The largest absolute Gasteiger partial charge is 0.366 e. The van der Waals surface area contributed by atoms with E-state index >= 15 is 0 Å². The molecule has 0 bridgehead atoms. The number of hydrogen-bond donors (Lipinski definition) is 1. The Kier molecular flexibility index (Phi) is 3.87. The molecule has 8 heteroatoms. The summed E-state index contributed by atoms with van der Waals surface area (Å²) in [5.41, 5.74) is 7.43. The number of halogens is 3. The molecule has 0 aliphatic rings. The number of hydrogen-bond acceptors (Lipinski definition) is 5. The van der Waals surface area contributed by atoms with Crippen molar-refractivity contribution >= 4 is 29.2 Å². The number of nitrogens with two attached hydrogens (primary N) is 1.